The Kier molecular flexibility index (Phi) is 5.40. The first-order valence-electron chi connectivity index (χ1n) is 7.55. The molecule has 0 spiro atoms. The van der Waals surface area contributed by atoms with Gasteiger partial charge in [-0.25, -0.2) is 4.98 Å². The molecule has 3 aromatic rings. The number of aromatic nitrogens is 3. The fourth-order valence-corrected chi connectivity index (χ4v) is 2.31. The van der Waals surface area contributed by atoms with Gasteiger partial charge in [0, 0.05) is 37.0 Å². The van der Waals surface area contributed by atoms with Crippen molar-refractivity contribution >= 4 is 17.4 Å². The number of nitrogens with one attached hydrogen (secondary N) is 1. The van der Waals surface area contributed by atoms with Gasteiger partial charge in [-0.3, -0.25) is 0 Å². The molecule has 0 saturated heterocycles. The summed E-state index contributed by atoms with van der Waals surface area (Å²) in [6.07, 6.45) is 2.60. The van der Waals surface area contributed by atoms with Gasteiger partial charge >= 0.3 is 0 Å². The van der Waals surface area contributed by atoms with Crippen molar-refractivity contribution in [2.24, 2.45) is 0 Å². The number of anilines is 1. The molecule has 3 rings (SSSR count). The van der Waals surface area contributed by atoms with E-state index in [9.17, 15) is 0 Å². The summed E-state index contributed by atoms with van der Waals surface area (Å²) in [6.45, 7) is 1.44. The van der Waals surface area contributed by atoms with Crippen LogP contribution in [0.25, 0.3) is 22.9 Å². The van der Waals surface area contributed by atoms with Crippen LogP contribution in [0.1, 0.15) is 6.42 Å². The van der Waals surface area contributed by atoms with E-state index in [4.69, 9.17) is 20.8 Å². The van der Waals surface area contributed by atoms with E-state index in [0.29, 0.717) is 29.2 Å². The van der Waals surface area contributed by atoms with Gasteiger partial charge < -0.3 is 14.5 Å². The molecule has 0 fully saturated rings. The highest BCUT2D eigenvalue weighted by Crippen LogP contribution is 2.28. The molecule has 124 valence electrons. The van der Waals surface area contributed by atoms with Gasteiger partial charge in [-0.05, 0) is 42.8 Å². The van der Waals surface area contributed by atoms with Crippen molar-refractivity contribution in [1.29, 1.82) is 0 Å². The third-order valence-corrected chi connectivity index (χ3v) is 3.62. The molecule has 0 bridgehead atoms. The van der Waals surface area contributed by atoms with Gasteiger partial charge in [-0.2, -0.15) is 0 Å². The molecule has 24 heavy (non-hydrogen) atoms. The van der Waals surface area contributed by atoms with Crippen molar-refractivity contribution < 1.29 is 9.15 Å². The summed E-state index contributed by atoms with van der Waals surface area (Å²) in [5.41, 5.74) is 1.58. The Balaban J connectivity index is 1.81. The topological polar surface area (TPSA) is 73.1 Å². The molecule has 0 unspecified atom stereocenters. The minimum Gasteiger partial charge on any atom is -0.416 e. The van der Waals surface area contributed by atoms with E-state index < -0.39 is 0 Å². The molecule has 0 aliphatic rings. The second-order valence-corrected chi connectivity index (χ2v) is 5.53. The molecule has 2 heterocycles. The lowest BCUT2D eigenvalue weighted by atomic mass is 10.2. The number of nitrogens with zero attached hydrogens (tertiary/aromatic N) is 3. The second-order valence-electron chi connectivity index (χ2n) is 5.09. The number of benzene rings is 1. The monoisotopic (exact) mass is 344 g/mol. The van der Waals surface area contributed by atoms with Gasteiger partial charge in [0.25, 0.3) is 5.89 Å². The first kappa shape index (κ1) is 16.4. The van der Waals surface area contributed by atoms with Crippen LogP contribution in [0.4, 0.5) is 5.82 Å². The van der Waals surface area contributed by atoms with Gasteiger partial charge in [0.2, 0.25) is 5.89 Å². The summed E-state index contributed by atoms with van der Waals surface area (Å²) in [6, 6.07) is 11.0. The quantitative estimate of drug-likeness (QED) is 0.655. The van der Waals surface area contributed by atoms with Crippen LogP contribution in [0.2, 0.25) is 5.02 Å². The van der Waals surface area contributed by atoms with E-state index in [1.165, 1.54) is 0 Å². The van der Waals surface area contributed by atoms with Gasteiger partial charge in [0.05, 0.1) is 5.56 Å². The second kappa shape index (κ2) is 7.90. The van der Waals surface area contributed by atoms with E-state index in [1.54, 1.807) is 25.4 Å². The Morgan fingerprint density at radius 1 is 1.12 bits per heavy atom. The van der Waals surface area contributed by atoms with E-state index in [2.05, 4.69) is 20.5 Å². The van der Waals surface area contributed by atoms with Crippen LogP contribution >= 0.6 is 11.6 Å². The highest BCUT2D eigenvalue weighted by molar-refractivity contribution is 6.30. The summed E-state index contributed by atoms with van der Waals surface area (Å²) >= 11 is 5.90. The Morgan fingerprint density at radius 2 is 1.92 bits per heavy atom. The maximum atomic E-state index is 5.90. The van der Waals surface area contributed by atoms with Crippen molar-refractivity contribution in [3.05, 3.63) is 47.6 Å². The van der Waals surface area contributed by atoms with Crippen molar-refractivity contribution in [2.45, 2.75) is 6.42 Å². The molecule has 1 aromatic carbocycles. The van der Waals surface area contributed by atoms with Crippen LogP contribution in [-0.2, 0) is 4.74 Å². The molecule has 0 radical (unpaired) electrons. The Labute approximate surface area is 144 Å². The van der Waals surface area contributed by atoms with Crippen LogP contribution in [0.5, 0.6) is 0 Å². The maximum absolute atomic E-state index is 5.90. The smallest absolute Gasteiger partial charge is 0.251 e. The van der Waals surface area contributed by atoms with Crippen LogP contribution < -0.4 is 5.32 Å². The third-order valence-electron chi connectivity index (χ3n) is 3.37. The zero-order valence-electron chi connectivity index (χ0n) is 13.2. The first-order valence-corrected chi connectivity index (χ1v) is 7.93. The van der Waals surface area contributed by atoms with Crippen LogP contribution in [0, 0.1) is 0 Å². The van der Waals surface area contributed by atoms with Crippen LogP contribution in [0.3, 0.4) is 0 Å². The standard InChI is InChI=1S/C17H17ClN4O2/c1-23-11-3-10-20-15-14(4-2-9-19-15)17-22-21-16(24-17)12-5-7-13(18)8-6-12/h2,4-9H,3,10-11H2,1H3,(H,19,20). The highest BCUT2D eigenvalue weighted by atomic mass is 35.5. The lowest BCUT2D eigenvalue weighted by molar-refractivity contribution is 0.198. The average Bonchev–Trinajstić information content (AvgIpc) is 3.10. The molecule has 0 saturated carbocycles. The van der Waals surface area contributed by atoms with Crippen molar-refractivity contribution in [1.82, 2.24) is 15.2 Å². The summed E-state index contributed by atoms with van der Waals surface area (Å²) in [5.74, 6) is 1.57. The van der Waals surface area contributed by atoms with E-state index in [-0.39, 0.29) is 0 Å². The van der Waals surface area contributed by atoms with Gasteiger partial charge in [-0.1, -0.05) is 11.6 Å². The van der Waals surface area contributed by atoms with Crippen molar-refractivity contribution in [2.75, 3.05) is 25.6 Å². The molecule has 6 nitrogen and oxygen atoms in total. The highest BCUT2D eigenvalue weighted by Gasteiger charge is 2.14. The van der Waals surface area contributed by atoms with Gasteiger partial charge in [-0.15, -0.1) is 10.2 Å². The van der Waals surface area contributed by atoms with E-state index >= 15 is 0 Å². The SMILES string of the molecule is COCCCNc1ncccc1-c1nnc(-c2ccc(Cl)cc2)o1. The van der Waals surface area contributed by atoms with E-state index in [0.717, 1.165) is 24.1 Å². The number of halogens is 1. The fraction of sp³-hybridized carbons (Fsp3) is 0.235. The maximum Gasteiger partial charge on any atom is 0.251 e. The number of methoxy groups -OCH3 is 1. The van der Waals surface area contributed by atoms with E-state index in [1.807, 2.05) is 24.3 Å². The van der Waals surface area contributed by atoms with Crippen molar-refractivity contribution in [3.63, 3.8) is 0 Å². The first-order chi connectivity index (χ1) is 11.8. The normalized spacial score (nSPS) is 10.8. The Hall–Kier alpha value is -2.44. The molecule has 0 aliphatic carbocycles. The molecule has 7 heteroatoms. The number of rotatable bonds is 7. The number of hydrogen-bond donors (Lipinski definition) is 1. The molecular weight excluding hydrogens is 328 g/mol. The fourth-order valence-electron chi connectivity index (χ4n) is 2.18. The number of hydrogen-bond acceptors (Lipinski definition) is 6. The predicted molar refractivity (Wildman–Crippen MR) is 93.0 cm³/mol. The number of ether oxygens (including phenoxy) is 1. The summed E-state index contributed by atoms with van der Waals surface area (Å²) in [4.78, 5) is 4.35. The van der Waals surface area contributed by atoms with Crippen LogP contribution in [-0.4, -0.2) is 35.4 Å². The van der Waals surface area contributed by atoms with Crippen LogP contribution in [0.15, 0.2) is 47.0 Å². The minimum absolute atomic E-state index is 0.419. The zero-order chi connectivity index (χ0) is 16.8. The summed E-state index contributed by atoms with van der Waals surface area (Å²) in [7, 11) is 1.68. The minimum atomic E-state index is 0.419. The zero-order valence-corrected chi connectivity index (χ0v) is 14.0. The molecule has 1 N–H and O–H groups in total. The lowest BCUT2D eigenvalue weighted by Gasteiger charge is -2.07. The van der Waals surface area contributed by atoms with Gasteiger partial charge in [0.15, 0.2) is 0 Å². The largest absolute Gasteiger partial charge is 0.416 e. The molecule has 0 aliphatic heterocycles. The summed E-state index contributed by atoms with van der Waals surface area (Å²) in [5, 5.41) is 12.2. The molecule has 2 aromatic heterocycles. The Bertz CT molecular complexity index is 789. The van der Waals surface area contributed by atoms with Gasteiger partial charge in [0.1, 0.15) is 5.82 Å². The average molecular weight is 345 g/mol. The van der Waals surface area contributed by atoms with Crippen molar-refractivity contribution in [3.8, 4) is 22.9 Å². The predicted octanol–water partition coefficient (Wildman–Crippen LogP) is 3.90. The molecule has 0 amide bonds. The Morgan fingerprint density at radius 3 is 2.71 bits per heavy atom. The number of pyridine rings is 1. The molecule has 0 atom stereocenters. The molecular formula is C17H17ClN4O2. The third kappa shape index (κ3) is 3.90. The summed E-state index contributed by atoms with van der Waals surface area (Å²) < 4.78 is 10.8. The lowest BCUT2D eigenvalue weighted by Crippen LogP contribution is -2.07.